The smallest absolute Gasteiger partial charge is 0.264 e. The molecule has 0 unspecified atom stereocenters. The van der Waals surface area contributed by atoms with Crippen molar-refractivity contribution < 1.29 is 13.2 Å². The summed E-state index contributed by atoms with van der Waals surface area (Å²) in [5.41, 5.74) is 5.08. The van der Waals surface area contributed by atoms with Crippen molar-refractivity contribution in [3.8, 4) is 0 Å². The van der Waals surface area contributed by atoms with Crippen molar-refractivity contribution in [2.24, 2.45) is 5.10 Å². The second-order valence-corrected chi connectivity index (χ2v) is 9.70. The molecule has 0 aliphatic carbocycles. The number of anilines is 1. The minimum absolute atomic E-state index is 0.0809. The summed E-state index contributed by atoms with van der Waals surface area (Å²) in [4.78, 5) is 12.7. The highest BCUT2D eigenvalue weighted by atomic mass is 35.5. The van der Waals surface area contributed by atoms with Gasteiger partial charge in [-0.25, -0.2) is 13.8 Å². The van der Waals surface area contributed by atoms with Gasteiger partial charge in [0, 0.05) is 5.56 Å². The lowest BCUT2D eigenvalue weighted by Gasteiger charge is -2.24. The number of halogens is 2. The zero-order valence-corrected chi connectivity index (χ0v) is 19.7. The summed E-state index contributed by atoms with van der Waals surface area (Å²) in [6.07, 6.45) is 1.31. The number of benzene rings is 3. The molecule has 0 aliphatic rings. The van der Waals surface area contributed by atoms with Crippen molar-refractivity contribution in [3.63, 3.8) is 0 Å². The Kier molecular flexibility index (Phi) is 7.56. The minimum atomic E-state index is -3.99. The van der Waals surface area contributed by atoms with Crippen LogP contribution in [0.25, 0.3) is 0 Å². The summed E-state index contributed by atoms with van der Waals surface area (Å²) in [5.74, 6) is -0.623. The molecule has 0 fully saturated rings. The van der Waals surface area contributed by atoms with Crippen LogP contribution in [-0.2, 0) is 14.8 Å². The molecule has 3 rings (SSSR count). The van der Waals surface area contributed by atoms with E-state index in [9.17, 15) is 13.2 Å². The molecule has 0 bridgehead atoms. The van der Waals surface area contributed by atoms with Crippen LogP contribution in [-0.4, -0.2) is 27.1 Å². The summed E-state index contributed by atoms with van der Waals surface area (Å²) in [6, 6.07) is 18.1. The molecule has 6 nitrogen and oxygen atoms in total. The monoisotopic (exact) mass is 489 g/mol. The van der Waals surface area contributed by atoms with Crippen molar-refractivity contribution in [3.05, 3.63) is 93.5 Å². The number of rotatable bonds is 7. The molecule has 3 aromatic carbocycles. The lowest BCUT2D eigenvalue weighted by Crippen LogP contribution is -2.39. The Hall–Kier alpha value is -2.87. The number of hydrazone groups is 1. The number of sulfonamides is 1. The summed E-state index contributed by atoms with van der Waals surface area (Å²) < 4.78 is 27.7. The first-order chi connectivity index (χ1) is 15.2. The van der Waals surface area contributed by atoms with Crippen LogP contribution in [0.1, 0.15) is 16.7 Å². The van der Waals surface area contributed by atoms with E-state index in [1.165, 1.54) is 18.3 Å². The van der Waals surface area contributed by atoms with E-state index in [0.29, 0.717) is 21.3 Å². The molecular formula is C23H21Cl2N3O3S. The first kappa shape index (κ1) is 23.8. The highest BCUT2D eigenvalue weighted by Gasteiger charge is 2.27. The fourth-order valence-corrected chi connectivity index (χ4v) is 4.81. The van der Waals surface area contributed by atoms with Gasteiger partial charge in [-0.2, -0.15) is 5.10 Å². The fourth-order valence-electron chi connectivity index (χ4n) is 2.88. The molecule has 1 amide bonds. The van der Waals surface area contributed by atoms with Gasteiger partial charge in [0.2, 0.25) is 0 Å². The first-order valence-corrected chi connectivity index (χ1v) is 11.8. The molecule has 0 atom stereocenters. The Balaban J connectivity index is 1.88. The SMILES string of the molecule is Cc1ccc(N(CC(=O)N/N=C\c2c(Cl)cccc2Cl)S(=O)(=O)c2ccccc2)cc1C. The highest BCUT2D eigenvalue weighted by Crippen LogP contribution is 2.26. The van der Waals surface area contributed by atoms with E-state index in [0.717, 1.165) is 15.4 Å². The van der Waals surface area contributed by atoms with Crippen LogP contribution in [0.5, 0.6) is 0 Å². The van der Waals surface area contributed by atoms with Crippen LogP contribution in [0.15, 0.2) is 76.7 Å². The van der Waals surface area contributed by atoms with Gasteiger partial charge in [-0.3, -0.25) is 9.10 Å². The largest absolute Gasteiger partial charge is 0.271 e. The second kappa shape index (κ2) is 10.2. The van der Waals surface area contributed by atoms with Gasteiger partial charge in [-0.05, 0) is 61.4 Å². The number of aryl methyl sites for hydroxylation is 2. The van der Waals surface area contributed by atoms with Gasteiger partial charge < -0.3 is 0 Å². The van der Waals surface area contributed by atoms with Crippen molar-refractivity contribution in [2.75, 3.05) is 10.8 Å². The normalized spacial score (nSPS) is 11.5. The topological polar surface area (TPSA) is 78.8 Å². The van der Waals surface area contributed by atoms with Crippen molar-refractivity contribution >= 4 is 51.0 Å². The maximum Gasteiger partial charge on any atom is 0.264 e. The molecule has 1 N–H and O–H groups in total. The molecule has 32 heavy (non-hydrogen) atoms. The average molecular weight is 490 g/mol. The predicted molar refractivity (Wildman–Crippen MR) is 129 cm³/mol. The van der Waals surface area contributed by atoms with Crippen LogP contribution in [0.3, 0.4) is 0 Å². The molecule has 0 spiro atoms. The van der Waals surface area contributed by atoms with Crippen molar-refractivity contribution in [1.29, 1.82) is 0 Å². The molecule has 3 aromatic rings. The molecule has 0 aromatic heterocycles. The molecule has 0 saturated carbocycles. The summed E-state index contributed by atoms with van der Waals surface area (Å²) in [5, 5.41) is 4.63. The predicted octanol–water partition coefficient (Wildman–Crippen LogP) is 4.96. The third kappa shape index (κ3) is 5.48. The number of nitrogens with zero attached hydrogens (tertiary/aromatic N) is 2. The Morgan fingerprint density at radius 3 is 2.25 bits per heavy atom. The van der Waals surface area contributed by atoms with Crippen molar-refractivity contribution in [1.82, 2.24) is 5.43 Å². The first-order valence-electron chi connectivity index (χ1n) is 9.61. The second-order valence-electron chi connectivity index (χ2n) is 7.02. The third-order valence-corrected chi connectivity index (χ3v) is 7.23. The number of nitrogens with one attached hydrogen (secondary N) is 1. The molecule has 0 aliphatic heterocycles. The molecular weight excluding hydrogens is 469 g/mol. The van der Waals surface area contributed by atoms with Gasteiger partial charge in [-0.1, -0.05) is 53.5 Å². The van der Waals surface area contributed by atoms with Gasteiger partial charge in [0.1, 0.15) is 6.54 Å². The average Bonchev–Trinajstić information content (AvgIpc) is 2.76. The lowest BCUT2D eigenvalue weighted by molar-refractivity contribution is -0.119. The zero-order chi connectivity index (χ0) is 23.3. The maximum atomic E-state index is 13.3. The van der Waals surface area contributed by atoms with E-state index >= 15 is 0 Å². The van der Waals surface area contributed by atoms with E-state index in [-0.39, 0.29) is 4.90 Å². The lowest BCUT2D eigenvalue weighted by atomic mass is 10.1. The van der Waals surface area contributed by atoms with E-state index in [1.54, 1.807) is 48.5 Å². The summed E-state index contributed by atoms with van der Waals surface area (Å²) in [7, 11) is -3.99. The zero-order valence-electron chi connectivity index (χ0n) is 17.4. The van der Waals surface area contributed by atoms with Crippen molar-refractivity contribution in [2.45, 2.75) is 18.7 Å². The van der Waals surface area contributed by atoms with Gasteiger partial charge >= 0.3 is 0 Å². The minimum Gasteiger partial charge on any atom is -0.271 e. The maximum absolute atomic E-state index is 13.3. The molecule has 0 saturated heterocycles. The van der Waals surface area contributed by atoms with Gasteiger partial charge in [0.15, 0.2) is 0 Å². The number of carbonyl (C=O) groups is 1. The van der Waals surface area contributed by atoms with Crippen LogP contribution in [0, 0.1) is 13.8 Å². The van der Waals surface area contributed by atoms with Gasteiger partial charge in [0.25, 0.3) is 15.9 Å². The fraction of sp³-hybridized carbons (Fsp3) is 0.130. The van der Waals surface area contributed by atoms with Crippen LogP contribution >= 0.6 is 23.2 Å². The molecule has 0 heterocycles. The van der Waals surface area contributed by atoms with E-state index in [1.807, 2.05) is 19.9 Å². The Labute approximate surface area is 197 Å². The molecule has 9 heteroatoms. The van der Waals surface area contributed by atoms with Crippen LogP contribution in [0.2, 0.25) is 10.0 Å². The number of hydrogen-bond acceptors (Lipinski definition) is 4. The number of carbonyl (C=O) groups excluding carboxylic acids is 1. The van der Waals surface area contributed by atoms with E-state index in [4.69, 9.17) is 23.2 Å². The number of amides is 1. The Morgan fingerprint density at radius 2 is 1.62 bits per heavy atom. The van der Waals surface area contributed by atoms with Crippen LogP contribution in [0.4, 0.5) is 5.69 Å². The summed E-state index contributed by atoms with van der Waals surface area (Å²) in [6.45, 7) is 3.34. The Morgan fingerprint density at radius 1 is 0.969 bits per heavy atom. The quantitative estimate of drug-likeness (QED) is 0.376. The van der Waals surface area contributed by atoms with Crippen LogP contribution < -0.4 is 9.73 Å². The standard InChI is InChI=1S/C23H21Cl2N3O3S/c1-16-11-12-18(13-17(16)2)28(32(30,31)19-7-4-3-5-8-19)15-23(29)27-26-14-20-21(24)9-6-10-22(20)25/h3-14H,15H2,1-2H3,(H,27,29)/b26-14-. The van der Waals surface area contributed by atoms with E-state index < -0.39 is 22.5 Å². The Bertz CT molecular complexity index is 1240. The molecule has 0 radical (unpaired) electrons. The van der Waals surface area contributed by atoms with Gasteiger partial charge in [0.05, 0.1) is 26.8 Å². The third-order valence-electron chi connectivity index (χ3n) is 4.78. The number of hydrogen-bond donors (Lipinski definition) is 1. The summed E-state index contributed by atoms with van der Waals surface area (Å²) >= 11 is 12.2. The highest BCUT2D eigenvalue weighted by molar-refractivity contribution is 7.92. The van der Waals surface area contributed by atoms with Gasteiger partial charge in [-0.15, -0.1) is 0 Å². The van der Waals surface area contributed by atoms with E-state index in [2.05, 4.69) is 10.5 Å². The molecule has 166 valence electrons.